The van der Waals surface area contributed by atoms with Gasteiger partial charge in [-0.3, -0.25) is 9.79 Å². The van der Waals surface area contributed by atoms with Crippen molar-refractivity contribution in [1.29, 1.82) is 0 Å². The van der Waals surface area contributed by atoms with E-state index in [1.165, 1.54) is 0 Å². The first-order valence-corrected chi connectivity index (χ1v) is 10.4. The summed E-state index contributed by atoms with van der Waals surface area (Å²) < 4.78 is 0. The zero-order valence-electron chi connectivity index (χ0n) is 17.5. The van der Waals surface area contributed by atoms with E-state index in [1.54, 1.807) is 25.7 Å². The number of terminal acetylenes is 1. The van der Waals surface area contributed by atoms with E-state index in [1.807, 2.05) is 49.4 Å². The van der Waals surface area contributed by atoms with Crippen LogP contribution in [-0.2, 0) is 4.79 Å². The SMILES string of the molecule is C#CC.C/C=C(\C=C/CC(=O)NCCC(C)C)Sc1ccccc1C(Cl)=NC. The Labute approximate surface area is 179 Å². The van der Waals surface area contributed by atoms with Crippen molar-refractivity contribution in [3.8, 4) is 12.3 Å². The molecule has 0 unspecified atom stereocenters. The minimum absolute atomic E-state index is 0.0545. The van der Waals surface area contributed by atoms with Crippen molar-refractivity contribution in [2.24, 2.45) is 10.9 Å². The van der Waals surface area contributed by atoms with Gasteiger partial charge in [-0.05, 0) is 32.3 Å². The molecule has 0 radical (unpaired) electrons. The summed E-state index contributed by atoms with van der Waals surface area (Å²) >= 11 is 7.80. The predicted molar refractivity (Wildman–Crippen MR) is 125 cm³/mol. The highest BCUT2D eigenvalue weighted by atomic mass is 35.5. The van der Waals surface area contributed by atoms with E-state index in [2.05, 4.69) is 36.5 Å². The quantitative estimate of drug-likeness (QED) is 0.229. The molecular formula is C23H31ClN2OS. The Morgan fingerprint density at radius 2 is 2.04 bits per heavy atom. The van der Waals surface area contributed by atoms with Crippen LogP contribution >= 0.6 is 23.4 Å². The Bertz CT molecular complexity index is 730. The third kappa shape index (κ3) is 11.7. The van der Waals surface area contributed by atoms with E-state index in [4.69, 9.17) is 11.6 Å². The molecule has 0 fully saturated rings. The maximum absolute atomic E-state index is 11.8. The zero-order valence-corrected chi connectivity index (χ0v) is 19.0. The Morgan fingerprint density at radius 1 is 1.39 bits per heavy atom. The molecule has 0 heterocycles. The predicted octanol–water partition coefficient (Wildman–Crippen LogP) is 6.05. The Kier molecular flexibility index (Phi) is 14.9. The summed E-state index contributed by atoms with van der Waals surface area (Å²) in [5, 5.41) is 3.43. The molecule has 0 spiro atoms. The molecule has 28 heavy (non-hydrogen) atoms. The first-order chi connectivity index (χ1) is 13.4. The van der Waals surface area contributed by atoms with E-state index < -0.39 is 0 Å². The first kappa shape index (κ1) is 26.0. The number of halogens is 1. The summed E-state index contributed by atoms with van der Waals surface area (Å²) in [4.78, 5) is 18.0. The van der Waals surface area contributed by atoms with Crippen LogP contribution in [0.1, 0.15) is 46.1 Å². The van der Waals surface area contributed by atoms with Gasteiger partial charge in [-0.25, -0.2) is 0 Å². The van der Waals surface area contributed by atoms with Crippen molar-refractivity contribution in [1.82, 2.24) is 5.32 Å². The normalized spacial score (nSPS) is 11.8. The Hall–Kier alpha value is -1.96. The fraction of sp³-hybridized carbons (Fsp3) is 0.391. The topological polar surface area (TPSA) is 41.5 Å². The lowest BCUT2D eigenvalue weighted by Crippen LogP contribution is -2.24. The van der Waals surface area contributed by atoms with Crippen LogP contribution in [-0.4, -0.2) is 24.7 Å². The molecule has 0 aliphatic carbocycles. The van der Waals surface area contributed by atoms with E-state index in [0.717, 1.165) is 28.3 Å². The van der Waals surface area contributed by atoms with E-state index in [9.17, 15) is 4.79 Å². The van der Waals surface area contributed by atoms with Gasteiger partial charge in [0.25, 0.3) is 0 Å². The highest BCUT2D eigenvalue weighted by Crippen LogP contribution is 2.31. The number of amides is 1. The fourth-order valence-electron chi connectivity index (χ4n) is 2.02. The summed E-state index contributed by atoms with van der Waals surface area (Å²) in [5.41, 5.74) is 0.913. The zero-order chi connectivity index (χ0) is 21.4. The molecule has 0 aliphatic heterocycles. The van der Waals surface area contributed by atoms with Gasteiger partial charge in [-0.15, -0.1) is 12.3 Å². The summed E-state index contributed by atoms with van der Waals surface area (Å²) in [7, 11) is 1.68. The van der Waals surface area contributed by atoms with Gasteiger partial charge in [0.15, 0.2) is 0 Å². The van der Waals surface area contributed by atoms with Gasteiger partial charge in [0.1, 0.15) is 5.17 Å². The van der Waals surface area contributed by atoms with Crippen molar-refractivity contribution in [3.05, 3.63) is 53.0 Å². The first-order valence-electron chi connectivity index (χ1n) is 9.25. The lowest BCUT2D eigenvalue weighted by Gasteiger charge is -2.08. The van der Waals surface area contributed by atoms with Crippen molar-refractivity contribution >= 4 is 34.4 Å². The fourth-order valence-corrected chi connectivity index (χ4v) is 3.20. The molecule has 5 heteroatoms. The molecule has 1 aromatic carbocycles. The van der Waals surface area contributed by atoms with Crippen molar-refractivity contribution in [2.75, 3.05) is 13.6 Å². The smallest absolute Gasteiger partial charge is 0.223 e. The van der Waals surface area contributed by atoms with Gasteiger partial charge in [0.2, 0.25) is 5.91 Å². The molecule has 1 N–H and O–H groups in total. The van der Waals surface area contributed by atoms with Crippen LogP contribution in [0.3, 0.4) is 0 Å². The molecule has 0 aromatic heterocycles. The standard InChI is InChI=1S/C20H27ClN2OS.C3H4/c1-5-16(9-8-12-19(24)23-14-13-15(2)3)25-18-11-7-6-10-17(18)20(21)22-4;1-3-2/h5-11,15H,12-14H2,1-4H3,(H,23,24);1H,2H3/b9-8-,16-5+,22-20?;. The van der Waals surface area contributed by atoms with Gasteiger partial charge in [0, 0.05) is 35.4 Å². The summed E-state index contributed by atoms with van der Waals surface area (Å²) in [6.07, 6.45) is 11.9. The number of aliphatic imine (C=N–C) groups is 1. The molecular weight excluding hydrogens is 388 g/mol. The lowest BCUT2D eigenvalue weighted by atomic mass is 10.1. The number of allylic oxidation sites excluding steroid dienone is 2. The number of rotatable bonds is 9. The van der Waals surface area contributed by atoms with Gasteiger partial charge in [-0.1, -0.05) is 73.6 Å². The van der Waals surface area contributed by atoms with Gasteiger partial charge >= 0.3 is 0 Å². The number of hydrogen-bond donors (Lipinski definition) is 1. The van der Waals surface area contributed by atoms with E-state index in [-0.39, 0.29) is 5.91 Å². The highest BCUT2D eigenvalue weighted by molar-refractivity contribution is 8.03. The van der Waals surface area contributed by atoms with Gasteiger partial charge < -0.3 is 5.32 Å². The van der Waals surface area contributed by atoms with Crippen molar-refractivity contribution in [2.45, 2.75) is 45.4 Å². The number of nitrogens with zero attached hydrogens (tertiary/aromatic N) is 1. The van der Waals surface area contributed by atoms with Crippen LogP contribution in [0.2, 0.25) is 0 Å². The minimum Gasteiger partial charge on any atom is -0.356 e. The Balaban J connectivity index is 0.00000227. The third-order valence-corrected chi connectivity index (χ3v) is 5.00. The van der Waals surface area contributed by atoms with Crippen molar-refractivity contribution < 1.29 is 4.79 Å². The molecule has 1 amide bonds. The molecule has 0 bridgehead atoms. The van der Waals surface area contributed by atoms with Crippen LogP contribution in [0.4, 0.5) is 0 Å². The summed E-state index contributed by atoms with van der Waals surface area (Å²) in [6, 6.07) is 7.89. The van der Waals surface area contributed by atoms with Gasteiger partial charge in [0.05, 0.1) is 0 Å². The second kappa shape index (κ2) is 16.0. The largest absolute Gasteiger partial charge is 0.356 e. The molecule has 0 saturated heterocycles. The number of nitrogens with one attached hydrogen (secondary N) is 1. The third-order valence-electron chi connectivity index (χ3n) is 3.45. The molecule has 0 aliphatic rings. The highest BCUT2D eigenvalue weighted by Gasteiger charge is 2.08. The Morgan fingerprint density at radius 3 is 2.61 bits per heavy atom. The second-order valence-corrected chi connectivity index (χ2v) is 7.70. The second-order valence-electron chi connectivity index (χ2n) is 6.23. The molecule has 152 valence electrons. The minimum atomic E-state index is 0.0545. The molecule has 0 atom stereocenters. The molecule has 1 aromatic rings. The summed E-state index contributed by atoms with van der Waals surface area (Å²) in [5.74, 6) is 2.90. The monoisotopic (exact) mass is 418 g/mol. The van der Waals surface area contributed by atoms with Crippen LogP contribution in [0, 0.1) is 18.3 Å². The lowest BCUT2D eigenvalue weighted by molar-refractivity contribution is -0.120. The molecule has 0 saturated carbocycles. The average molecular weight is 419 g/mol. The molecule has 3 nitrogen and oxygen atoms in total. The van der Waals surface area contributed by atoms with Crippen LogP contribution in [0.25, 0.3) is 0 Å². The number of benzene rings is 1. The summed E-state index contributed by atoms with van der Waals surface area (Å²) in [6.45, 7) is 8.66. The van der Waals surface area contributed by atoms with Crippen LogP contribution in [0.5, 0.6) is 0 Å². The maximum Gasteiger partial charge on any atom is 0.223 e. The number of hydrogen-bond acceptors (Lipinski definition) is 3. The van der Waals surface area contributed by atoms with E-state index in [0.29, 0.717) is 17.5 Å². The number of carbonyl (C=O) groups is 1. The maximum atomic E-state index is 11.8. The molecule has 1 rings (SSSR count). The van der Waals surface area contributed by atoms with Crippen LogP contribution < -0.4 is 5.32 Å². The van der Waals surface area contributed by atoms with E-state index >= 15 is 0 Å². The number of carbonyl (C=O) groups excluding carboxylic acids is 1. The van der Waals surface area contributed by atoms with Gasteiger partial charge in [-0.2, -0.15) is 0 Å². The number of thioether (sulfide) groups is 1. The average Bonchev–Trinajstić information content (AvgIpc) is 2.67. The van der Waals surface area contributed by atoms with Crippen LogP contribution in [0.15, 0.2) is 57.3 Å². The van der Waals surface area contributed by atoms with Crippen molar-refractivity contribution in [3.63, 3.8) is 0 Å².